The largest absolute Gasteiger partial charge is 0.228 e. The summed E-state index contributed by atoms with van der Waals surface area (Å²) in [4.78, 5) is 0. The number of nitrogens with one attached hydrogen (secondary N) is 1. The summed E-state index contributed by atoms with van der Waals surface area (Å²) in [5.41, 5.74) is -1.11. The van der Waals surface area contributed by atoms with Crippen molar-refractivity contribution in [3.63, 3.8) is 0 Å². The zero-order valence-electron chi connectivity index (χ0n) is 8.93. The third kappa shape index (κ3) is 3.73. The minimum Gasteiger partial charge on any atom is -0.228 e. The SMILES string of the molecule is CS(=O)(=O)CS(=O)(=O)NC1(C#N)CCCC1. The third-order valence-electron chi connectivity index (χ3n) is 2.39. The number of hydrogen-bond donors (Lipinski definition) is 1. The van der Waals surface area contributed by atoms with E-state index in [0.29, 0.717) is 12.8 Å². The molecule has 0 aromatic carbocycles. The number of sulfone groups is 1. The monoisotopic (exact) mass is 266 g/mol. The van der Waals surface area contributed by atoms with E-state index < -0.39 is 30.5 Å². The second-order valence-electron chi connectivity index (χ2n) is 4.16. The van der Waals surface area contributed by atoms with E-state index in [4.69, 9.17) is 5.26 Å². The number of nitriles is 1. The molecule has 0 spiro atoms. The molecule has 16 heavy (non-hydrogen) atoms. The average molecular weight is 266 g/mol. The molecule has 1 N–H and O–H groups in total. The van der Waals surface area contributed by atoms with Crippen LogP contribution >= 0.6 is 0 Å². The zero-order valence-corrected chi connectivity index (χ0v) is 10.6. The van der Waals surface area contributed by atoms with E-state index in [0.717, 1.165) is 19.1 Å². The van der Waals surface area contributed by atoms with E-state index in [9.17, 15) is 16.8 Å². The lowest BCUT2D eigenvalue weighted by Crippen LogP contribution is -2.46. The van der Waals surface area contributed by atoms with Crippen molar-refractivity contribution in [2.45, 2.75) is 31.2 Å². The summed E-state index contributed by atoms with van der Waals surface area (Å²) >= 11 is 0. The molecule has 1 aliphatic carbocycles. The molecule has 1 aliphatic rings. The van der Waals surface area contributed by atoms with Gasteiger partial charge in [-0.25, -0.2) is 16.8 Å². The smallest absolute Gasteiger partial charge is 0.227 e. The fourth-order valence-corrected chi connectivity index (χ4v) is 5.16. The Bertz CT molecular complexity index is 495. The predicted octanol–water partition coefficient (Wildman–Crippen LogP) is -0.256. The molecule has 8 heteroatoms. The molecule has 0 saturated heterocycles. The van der Waals surface area contributed by atoms with Gasteiger partial charge in [0, 0.05) is 6.26 Å². The molecule has 0 bridgehead atoms. The Morgan fingerprint density at radius 2 is 1.75 bits per heavy atom. The van der Waals surface area contributed by atoms with Gasteiger partial charge < -0.3 is 0 Å². The number of nitrogens with zero attached hydrogens (tertiary/aromatic N) is 1. The van der Waals surface area contributed by atoms with Gasteiger partial charge in [0.1, 0.15) is 5.54 Å². The number of rotatable bonds is 4. The summed E-state index contributed by atoms with van der Waals surface area (Å²) in [7, 11) is -7.57. The van der Waals surface area contributed by atoms with Crippen LogP contribution in [0.25, 0.3) is 0 Å². The molecule has 0 radical (unpaired) electrons. The molecule has 0 aromatic rings. The van der Waals surface area contributed by atoms with Crippen molar-refractivity contribution in [3.8, 4) is 6.07 Å². The summed E-state index contributed by atoms with van der Waals surface area (Å²) in [6, 6.07) is 1.93. The molecule has 0 amide bonds. The lowest BCUT2D eigenvalue weighted by molar-refractivity contribution is 0.487. The lowest BCUT2D eigenvalue weighted by Gasteiger charge is -2.21. The Kier molecular flexibility index (Phi) is 3.62. The van der Waals surface area contributed by atoms with E-state index in [1.54, 1.807) is 0 Å². The first kappa shape index (κ1) is 13.4. The van der Waals surface area contributed by atoms with Gasteiger partial charge in [0.05, 0.1) is 6.07 Å². The maximum absolute atomic E-state index is 11.5. The first-order chi connectivity index (χ1) is 7.18. The first-order valence-electron chi connectivity index (χ1n) is 4.79. The van der Waals surface area contributed by atoms with Gasteiger partial charge in [0.2, 0.25) is 10.0 Å². The number of hydrogen-bond acceptors (Lipinski definition) is 5. The van der Waals surface area contributed by atoms with Gasteiger partial charge >= 0.3 is 0 Å². The van der Waals surface area contributed by atoms with Crippen LogP contribution in [0.15, 0.2) is 0 Å². The van der Waals surface area contributed by atoms with E-state index in [1.165, 1.54) is 0 Å². The summed E-state index contributed by atoms with van der Waals surface area (Å²) in [5.74, 6) is 0. The highest BCUT2D eigenvalue weighted by Gasteiger charge is 2.38. The Hall–Kier alpha value is -0.650. The van der Waals surface area contributed by atoms with Crippen molar-refractivity contribution in [2.75, 3.05) is 11.3 Å². The summed E-state index contributed by atoms with van der Waals surface area (Å²) in [6.07, 6.45) is 3.27. The van der Waals surface area contributed by atoms with Crippen LogP contribution in [0.2, 0.25) is 0 Å². The van der Waals surface area contributed by atoms with Gasteiger partial charge in [-0.1, -0.05) is 12.8 Å². The standard InChI is InChI=1S/C8H14N2O4S2/c1-15(11,12)7-16(13,14)10-8(6-9)4-2-3-5-8/h10H,2-5,7H2,1H3. The predicted molar refractivity (Wildman–Crippen MR) is 58.6 cm³/mol. The van der Waals surface area contributed by atoms with Gasteiger partial charge in [0.25, 0.3) is 0 Å². The summed E-state index contributed by atoms with van der Waals surface area (Å²) in [5, 5.41) is 7.98. The van der Waals surface area contributed by atoms with E-state index in [2.05, 4.69) is 4.72 Å². The van der Waals surface area contributed by atoms with Gasteiger partial charge in [-0.2, -0.15) is 9.98 Å². The topological polar surface area (TPSA) is 104 Å². The normalized spacial score (nSPS) is 20.5. The van der Waals surface area contributed by atoms with Gasteiger partial charge in [-0.15, -0.1) is 0 Å². The second-order valence-corrected chi connectivity index (χ2v) is 8.39. The minimum atomic E-state index is -3.95. The summed E-state index contributed by atoms with van der Waals surface area (Å²) < 4.78 is 47.1. The second kappa shape index (κ2) is 4.31. The molecule has 92 valence electrons. The van der Waals surface area contributed by atoms with Gasteiger partial charge in [0.15, 0.2) is 14.9 Å². The highest BCUT2D eigenvalue weighted by Crippen LogP contribution is 2.29. The molecule has 0 unspecified atom stereocenters. The molecule has 1 saturated carbocycles. The van der Waals surface area contributed by atoms with Crippen LogP contribution < -0.4 is 4.72 Å². The minimum absolute atomic E-state index is 0.437. The molecule has 1 fully saturated rings. The molecule has 0 aromatic heterocycles. The van der Waals surface area contributed by atoms with Crippen LogP contribution in [0.3, 0.4) is 0 Å². The molecule has 0 aliphatic heterocycles. The molecule has 6 nitrogen and oxygen atoms in total. The Morgan fingerprint density at radius 3 is 2.12 bits per heavy atom. The van der Waals surface area contributed by atoms with Crippen molar-refractivity contribution in [1.82, 2.24) is 4.72 Å². The number of sulfonamides is 1. The van der Waals surface area contributed by atoms with Crippen molar-refractivity contribution in [1.29, 1.82) is 5.26 Å². The first-order valence-corrected chi connectivity index (χ1v) is 8.50. The van der Waals surface area contributed by atoms with Crippen molar-refractivity contribution < 1.29 is 16.8 Å². The average Bonchev–Trinajstić information content (AvgIpc) is 2.48. The Labute approximate surface area is 95.6 Å². The van der Waals surface area contributed by atoms with E-state index >= 15 is 0 Å². The molecular formula is C8H14N2O4S2. The lowest BCUT2D eigenvalue weighted by atomic mass is 10.0. The van der Waals surface area contributed by atoms with E-state index in [1.807, 2.05) is 6.07 Å². The Balaban J connectivity index is 2.85. The van der Waals surface area contributed by atoms with Crippen LogP contribution in [-0.2, 0) is 19.9 Å². The van der Waals surface area contributed by atoms with Gasteiger partial charge in [-0.05, 0) is 12.8 Å². The Morgan fingerprint density at radius 1 is 1.25 bits per heavy atom. The maximum Gasteiger partial charge on any atom is 0.227 e. The van der Waals surface area contributed by atoms with Crippen LogP contribution in [0.1, 0.15) is 25.7 Å². The quantitative estimate of drug-likeness (QED) is 0.755. The van der Waals surface area contributed by atoms with Crippen LogP contribution in [0.5, 0.6) is 0 Å². The van der Waals surface area contributed by atoms with Crippen molar-refractivity contribution in [2.24, 2.45) is 0 Å². The highest BCUT2D eigenvalue weighted by molar-refractivity contribution is 8.06. The van der Waals surface area contributed by atoms with Crippen molar-refractivity contribution >= 4 is 19.9 Å². The van der Waals surface area contributed by atoms with E-state index in [-0.39, 0.29) is 0 Å². The van der Waals surface area contributed by atoms with Crippen molar-refractivity contribution in [3.05, 3.63) is 0 Å². The fourth-order valence-electron chi connectivity index (χ4n) is 1.82. The molecular weight excluding hydrogens is 252 g/mol. The fraction of sp³-hybridized carbons (Fsp3) is 0.875. The van der Waals surface area contributed by atoms with Crippen LogP contribution in [0, 0.1) is 11.3 Å². The molecule has 1 rings (SSSR count). The highest BCUT2D eigenvalue weighted by atomic mass is 32.3. The van der Waals surface area contributed by atoms with Crippen LogP contribution in [-0.4, -0.2) is 33.7 Å². The van der Waals surface area contributed by atoms with Gasteiger partial charge in [-0.3, -0.25) is 0 Å². The third-order valence-corrected chi connectivity index (χ3v) is 6.05. The summed E-state index contributed by atoms with van der Waals surface area (Å²) in [6.45, 7) is 0. The zero-order chi connectivity index (χ0) is 12.4. The maximum atomic E-state index is 11.5. The molecule has 0 heterocycles. The molecule has 0 atom stereocenters. The van der Waals surface area contributed by atoms with Crippen LogP contribution in [0.4, 0.5) is 0 Å².